The Bertz CT molecular complexity index is 501. The van der Waals surface area contributed by atoms with E-state index in [1.165, 1.54) is 4.90 Å². The molecule has 1 aliphatic rings. The lowest BCUT2D eigenvalue weighted by atomic mass is 10.0. The normalized spacial score (nSPS) is 14.3. The number of hydrogen-bond donors (Lipinski definition) is 1. The summed E-state index contributed by atoms with van der Waals surface area (Å²) in [5, 5.41) is 8.83. The Morgan fingerprint density at radius 2 is 1.94 bits per heavy atom. The predicted octanol–water partition coefficient (Wildman–Crippen LogP) is 2.64. The average molecular weight is 244 g/mol. The summed E-state index contributed by atoms with van der Waals surface area (Å²) in [5.41, 5.74) is 3.30. The minimum atomic E-state index is -0.926. The molecule has 0 aromatic heterocycles. The van der Waals surface area contributed by atoms with Crippen molar-refractivity contribution in [2.75, 3.05) is 25.5 Å². The van der Waals surface area contributed by atoms with Crippen molar-refractivity contribution in [3.8, 4) is 0 Å². The molecule has 94 valence electrons. The van der Waals surface area contributed by atoms with Gasteiger partial charge in [0.25, 0.3) is 0 Å². The van der Waals surface area contributed by atoms with E-state index in [-0.39, 0.29) is 0 Å². The summed E-state index contributed by atoms with van der Waals surface area (Å²) >= 11 is 0. The highest BCUT2D eigenvalue weighted by Crippen LogP contribution is 2.22. The second-order valence-corrected chi connectivity index (χ2v) is 4.35. The maximum Gasteiger partial charge on any atom is 0.411 e. The van der Waals surface area contributed by atoms with Gasteiger partial charge in [-0.05, 0) is 29.3 Å². The van der Waals surface area contributed by atoms with Gasteiger partial charge in [0.15, 0.2) is 0 Å². The highest BCUT2D eigenvalue weighted by molar-refractivity contribution is 5.78. The standard InChI is InChI=1S/C14H16N2O2/c1-15(2)13-5-3-11(4-6-13)12-7-9-16(10-8-12)14(17)18/h3-9H,10H2,1-2H3,(H,17,18). The molecular formula is C14H16N2O2. The Morgan fingerprint density at radius 3 is 2.39 bits per heavy atom. The fourth-order valence-corrected chi connectivity index (χ4v) is 1.80. The SMILES string of the molecule is CN(C)c1ccc(C2=CCN(C(=O)O)C=C2)cc1. The zero-order valence-corrected chi connectivity index (χ0v) is 10.5. The second-order valence-electron chi connectivity index (χ2n) is 4.35. The summed E-state index contributed by atoms with van der Waals surface area (Å²) in [7, 11) is 4.00. The van der Waals surface area contributed by atoms with Gasteiger partial charge in [-0.25, -0.2) is 4.79 Å². The molecule has 0 aliphatic carbocycles. The summed E-state index contributed by atoms with van der Waals surface area (Å²) in [6, 6.07) is 8.19. The zero-order chi connectivity index (χ0) is 13.1. The first kappa shape index (κ1) is 12.2. The molecule has 18 heavy (non-hydrogen) atoms. The smallest absolute Gasteiger partial charge is 0.411 e. The van der Waals surface area contributed by atoms with Crippen molar-refractivity contribution < 1.29 is 9.90 Å². The van der Waals surface area contributed by atoms with Crippen LogP contribution in [-0.2, 0) is 0 Å². The van der Waals surface area contributed by atoms with Gasteiger partial charge in [-0.15, -0.1) is 0 Å². The molecule has 0 saturated heterocycles. The molecular weight excluding hydrogens is 228 g/mol. The molecule has 1 heterocycles. The van der Waals surface area contributed by atoms with Crippen LogP contribution in [-0.4, -0.2) is 36.7 Å². The van der Waals surface area contributed by atoms with E-state index in [1.54, 1.807) is 6.20 Å². The largest absolute Gasteiger partial charge is 0.465 e. The number of hydrogen-bond acceptors (Lipinski definition) is 2. The molecule has 0 saturated carbocycles. The molecule has 0 unspecified atom stereocenters. The van der Waals surface area contributed by atoms with Crippen LogP contribution in [0.1, 0.15) is 5.56 Å². The molecule has 1 aromatic carbocycles. The number of carboxylic acid groups (broad SMARTS) is 1. The zero-order valence-electron chi connectivity index (χ0n) is 10.5. The van der Waals surface area contributed by atoms with Crippen LogP contribution in [0.4, 0.5) is 10.5 Å². The number of nitrogens with zero attached hydrogens (tertiary/aromatic N) is 2. The van der Waals surface area contributed by atoms with Gasteiger partial charge in [-0.3, -0.25) is 4.90 Å². The van der Waals surface area contributed by atoms with Crippen molar-refractivity contribution in [1.29, 1.82) is 0 Å². The van der Waals surface area contributed by atoms with Gasteiger partial charge in [0.2, 0.25) is 0 Å². The molecule has 1 N–H and O–H groups in total. The Kier molecular flexibility index (Phi) is 3.37. The lowest BCUT2D eigenvalue weighted by Gasteiger charge is -2.18. The number of amides is 1. The number of carbonyl (C=O) groups is 1. The topological polar surface area (TPSA) is 43.8 Å². The van der Waals surface area contributed by atoms with Crippen LogP contribution in [0.5, 0.6) is 0 Å². The molecule has 4 heteroatoms. The second kappa shape index (κ2) is 4.96. The van der Waals surface area contributed by atoms with Gasteiger partial charge in [0.05, 0.1) is 0 Å². The summed E-state index contributed by atoms with van der Waals surface area (Å²) in [5.74, 6) is 0. The summed E-state index contributed by atoms with van der Waals surface area (Å²) < 4.78 is 0. The van der Waals surface area contributed by atoms with E-state index in [2.05, 4.69) is 0 Å². The van der Waals surface area contributed by atoms with Crippen LogP contribution in [0.25, 0.3) is 5.57 Å². The van der Waals surface area contributed by atoms with E-state index in [4.69, 9.17) is 5.11 Å². The Morgan fingerprint density at radius 1 is 1.28 bits per heavy atom. The van der Waals surface area contributed by atoms with Gasteiger partial charge in [0.1, 0.15) is 0 Å². The van der Waals surface area contributed by atoms with Crippen LogP contribution < -0.4 is 4.90 Å². The summed E-state index contributed by atoms with van der Waals surface area (Å²) in [6.45, 7) is 0.399. The van der Waals surface area contributed by atoms with E-state index in [1.807, 2.05) is 55.4 Å². The Hall–Kier alpha value is -2.23. The third-order valence-corrected chi connectivity index (χ3v) is 2.90. The monoisotopic (exact) mass is 244 g/mol. The fourth-order valence-electron chi connectivity index (χ4n) is 1.80. The van der Waals surface area contributed by atoms with E-state index in [0.717, 1.165) is 16.8 Å². The van der Waals surface area contributed by atoms with Gasteiger partial charge in [0, 0.05) is 32.5 Å². The minimum absolute atomic E-state index is 0.399. The van der Waals surface area contributed by atoms with Gasteiger partial charge < -0.3 is 10.0 Å². The van der Waals surface area contributed by atoms with Crippen LogP contribution in [0.15, 0.2) is 42.6 Å². The van der Waals surface area contributed by atoms with Crippen LogP contribution in [0, 0.1) is 0 Å². The van der Waals surface area contributed by atoms with Crippen molar-refractivity contribution in [1.82, 2.24) is 4.90 Å². The number of rotatable bonds is 2. The molecule has 1 aromatic rings. The van der Waals surface area contributed by atoms with Gasteiger partial charge in [-0.1, -0.05) is 18.2 Å². The summed E-state index contributed by atoms with van der Waals surface area (Å²) in [6.07, 6.45) is 4.41. The quantitative estimate of drug-likeness (QED) is 0.869. The first-order chi connectivity index (χ1) is 8.58. The maximum atomic E-state index is 10.8. The minimum Gasteiger partial charge on any atom is -0.465 e. The molecule has 0 fully saturated rings. The molecule has 1 amide bonds. The Balaban J connectivity index is 2.14. The van der Waals surface area contributed by atoms with Gasteiger partial charge >= 0.3 is 6.09 Å². The van der Waals surface area contributed by atoms with Crippen LogP contribution >= 0.6 is 0 Å². The fraction of sp³-hybridized carbons (Fsp3) is 0.214. The van der Waals surface area contributed by atoms with E-state index in [0.29, 0.717) is 6.54 Å². The third kappa shape index (κ3) is 2.53. The predicted molar refractivity (Wildman–Crippen MR) is 72.6 cm³/mol. The first-order valence-corrected chi connectivity index (χ1v) is 5.73. The highest BCUT2D eigenvalue weighted by atomic mass is 16.4. The van der Waals surface area contributed by atoms with Crippen molar-refractivity contribution in [2.45, 2.75) is 0 Å². The number of benzene rings is 1. The van der Waals surface area contributed by atoms with E-state index < -0.39 is 6.09 Å². The third-order valence-electron chi connectivity index (χ3n) is 2.90. The Labute approximate surface area is 106 Å². The molecule has 0 atom stereocenters. The molecule has 0 spiro atoms. The number of anilines is 1. The molecule has 1 aliphatic heterocycles. The summed E-state index contributed by atoms with van der Waals surface area (Å²) in [4.78, 5) is 14.0. The van der Waals surface area contributed by atoms with Crippen molar-refractivity contribution in [3.63, 3.8) is 0 Å². The number of allylic oxidation sites excluding steroid dienone is 2. The highest BCUT2D eigenvalue weighted by Gasteiger charge is 2.11. The van der Waals surface area contributed by atoms with Crippen molar-refractivity contribution >= 4 is 17.4 Å². The first-order valence-electron chi connectivity index (χ1n) is 5.73. The lowest BCUT2D eigenvalue weighted by Crippen LogP contribution is -2.25. The van der Waals surface area contributed by atoms with Crippen LogP contribution in [0.3, 0.4) is 0 Å². The lowest BCUT2D eigenvalue weighted by molar-refractivity contribution is 0.166. The molecule has 2 rings (SSSR count). The van der Waals surface area contributed by atoms with E-state index in [9.17, 15) is 4.79 Å². The van der Waals surface area contributed by atoms with Gasteiger partial charge in [-0.2, -0.15) is 0 Å². The maximum absolute atomic E-state index is 10.8. The molecule has 0 radical (unpaired) electrons. The van der Waals surface area contributed by atoms with Crippen LogP contribution in [0.2, 0.25) is 0 Å². The van der Waals surface area contributed by atoms with Crippen molar-refractivity contribution in [3.05, 3.63) is 48.2 Å². The molecule has 0 bridgehead atoms. The van der Waals surface area contributed by atoms with E-state index >= 15 is 0 Å². The molecule has 4 nitrogen and oxygen atoms in total. The average Bonchev–Trinajstić information content (AvgIpc) is 2.39. The van der Waals surface area contributed by atoms with Crippen molar-refractivity contribution in [2.24, 2.45) is 0 Å².